The van der Waals surface area contributed by atoms with Crippen molar-refractivity contribution < 1.29 is 4.74 Å². The van der Waals surface area contributed by atoms with Crippen molar-refractivity contribution in [2.24, 2.45) is 0 Å². The highest BCUT2D eigenvalue weighted by Gasteiger charge is 2.37. The Morgan fingerprint density at radius 2 is 1.56 bits per heavy atom. The van der Waals surface area contributed by atoms with E-state index in [9.17, 15) is 0 Å². The van der Waals surface area contributed by atoms with Crippen molar-refractivity contribution in [3.8, 4) is 0 Å². The van der Waals surface area contributed by atoms with Gasteiger partial charge in [0, 0.05) is 0 Å². The summed E-state index contributed by atoms with van der Waals surface area (Å²) in [6, 6.07) is 0. The first-order valence-corrected chi connectivity index (χ1v) is 7.30. The molecule has 1 fully saturated rings. The molecular weight excluding hydrogens is 196 g/mol. The van der Waals surface area contributed by atoms with Gasteiger partial charge in [0.2, 0.25) is 0 Å². The summed E-state index contributed by atoms with van der Waals surface area (Å²) in [5.41, 5.74) is 0.320. The van der Waals surface area contributed by atoms with Gasteiger partial charge in [-0.25, -0.2) is 0 Å². The van der Waals surface area contributed by atoms with Gasteiger partial charge in [0.1, 0.15) is 0 Å². The molecule has 0 bridgehead atoms. The highest BCUT2D eigenvalue weighted by Crippen LogP contribution is 2.40. The fourth-order valence-electron chi connectivity index (χ4n) is 2.97. The molecule has 0 spiro atoms. The Balaban J connectivity index is 2.69. The van der Waals surface area contributed by atoms with Crippen LogP contribution in [-0.2, 0) is 4.74 Å². The first-order valence-electron chi connectivity index (χ1n) is 7.30. The monoisotopic (exact) mass is 226 g/mol. The molecule has 1 saturated carbocycles. The second-order valence-electron chi connectivity index (χ2n) is 5.75. The van der Waals surface area contributed by atoms with Gasteiger partial charge in [-0.05, 0) is 39.0 Å². The van der Waals surface area contributed by atoms with Crippen molar-refractivity contribution in [2.45, 2.75) is 96.7 Å². The molecule has 96 valence electrons. The minimum atomic E-state index is 0.104. The normalized spacial score (nSPS) is 21.0. The van der Waals surface area contributed by atoms with Crippen molar-refractivity contribution in [3.63, 3.8) is 0 Å². The van der Waals surface area contributed by atoms with Gasteiger partial charge in [-0.15, -0.1) is 0 Å². The summed E-state index contributed by atoms with van der Waals surface area (Å²) in [5.74, 6) is 0. The molecule has 0 heterocycles. The Labute approximate surface area is 102 Å². The molecule has 0 amide bonds. The largest absolute Gasteiger partial charge is 0.369 e. The average Bonchev–Trinajstić information content (AvgIpc) is 2.30. The van der Waals surface area contributed by atoms with Gasteiger partial charge in [-0.2, -0.15) is 0 Å². The highest BCUT2D eigenvalue weighted by atomic mass is 16.5. The molecular formula is C15H30O. The van der Waals surface area contributed by atoms with Gasteiger partial charge in [0.15, 0.2) is 0 Å². The fourth-order valence-corrected chi connectivity index (χ4v) is 2.97. The summed E-state index contributed by atoms with van der Waals surface area (Å²) in [4.78, 5) is 0. The van der Waals surface area contributed by atoms with Crippen molar-refractivity contribution in [1.82, 2.24) is 0 Å². The Morgan fingerprint density at radius 1 is 1.00 bits per heavy atom. The van der Waals surface area contributed by atoms with Crippen LogP contribution in [0.15, 0.2) is 0 Å². The zero-order chi connectivity index (χ0) is 12.1. The van der Waals surface area contributed by atoms with Crippen LogP contribution < -0.4 is 0 Å². The summed E-state index contributed by atoms with van der Waals surface area (Å²) >= 11 is 0. The third kappa shape index (κ3) is 3.48. The number of hydrogen-bond acceptors (Lipinski definition) is 1. The molecule has 0 unspecified atom stereocenters. The average molecular weight is 226 g/mol. The van der Waals surface area contributed by atoms with Crippen LogP contribution in [0.4, 0.5) is 0 Å². The van der Waals surface area contributed by atoms with Crippen molar-refractivity contribution in [2.75, 3.05) is 0 Å². The lowest BCUT2D eigenvalue weighted by Crippen LogP contribution is -2.43. The van der Waals surface area contributed by atoms with Crippen molar-refractivity contribution in [3.05, 3.63) is 0 Å². The second-order valence-corrected chi connectivity index (χ2v) is 5.75. The molecule has 1 heteroatoms. The van der Waals surface area contributed by atoms with Gasteiger partial charge in [0.05, 0.1) is 11.2 Å². The lowest BCUT2D eigenvalue weighted by Gasteiger charge is -2.44. The molecule has 16 heavy (non-hydrogen) atoms. The molecule has 0 aromatic heterocycles. The van der Waals surface area contributed by atoms with Gasteiger partial charge in [-0.1, -0.05) is 46.5 Å². The van der Waals surface area contributed by atoms with E-state index in [0.29, 0.717) is 0 Å². The van der Waals surface area contributed by atoms with E-state index in [1.54, 1.807) is 0 Å². The second kappa shape index (κ2) is 6.05. The van der Waals surface area contributed by atoms with Gasteiger partial charge in [0.25, 0.3) is 0 Å². The smallest absolute Gasteiger partial charge is 0.0689 e. The van der Waals surface area contributed by atoms with Crippen LogP contribution in [-0.4, -0.2) is 11.2 Å². The maximum absolute atomic E-state index is 6.61. The minimum absolute atomic E-state index is 0.104. The predicted octanol–water partition coefficient (Wildman–Crippen LogP) is 5.08. The summed E-state index contributed by atoms with van der Waals surface area (Å²) in [6.07, 6.45) is 11.5. The summed E-state index contributed by atoms with van der Waals surface area (Å²) < 4.78 is 6.61. The molecule has 0 N–H and O–H groups in total. The zero-order valence-corrected chi connectivity index (χ0v) is 11.8. The van der Waals surface area contributed by atoms with E-state index in [4.69, 9.17) is 4.74 Å². The SMILES string of the molecule is CCCC1(OC(C)(CC)CC)CCCCC1. The molecule has 0 aliphatic heterocycles. The van der Waals surface area contributed by atoms with E-state index in [2.05, 4.69) is 27.7 Å². The first-order chi connectivity index (χ1) is 7.60. The summed E-state index contributed by atoms with van der Waals surface area (Å²) in [6.45, 7) is 9.09. The Kier molecular flexibility index (Phi) is 5.30. The van der Waals surface area contributed by atoms with Crippen molar-refractivity contribution >= 4 is 0 Å². The Morgan fingerprint density at radius 3 is 2.00 bits per heavy atom. The minimum Gasteiger partial charge on any atom is -0.369 e. The molecule has 0 radical (unpaired) electrons. The number of ether oxygens (including phenoxy) is 1. The highest BCUT2D eigenvalue weighted by molar-refractivity contribution is 4.88. The third-order valence-corrected chi connectivity index (χ3v) is 4.43. The lowest BCUT2D eigenvalue weighted by atomic mass is 9.80. The maximum atomic E-state index is 6.61. The van der Waals surface area contributed by atoms with Crippen LogP contribution in [0.1, 0.15) is 85.5 Å². The standard InChI is InChI=1S/C15H30O/c1-5-11-15(12-9-8-10-13-15)16-14(4,6-2)7-3/h5-13H2,1-4H3. The summed E-state index contributed by atoms with van der Waals surface area (Å²) in [5, 5.41) is 0. The van der Waals surface area contributed by atoms with Crippen LogP contribution >= 0.6 is 0 Å². The summed E-state index contributed by atoms with van der Waals surface area (Å²) in [7, 11) is 0. The van der Waals surface area contributed by atoms with Crippen LogP contribution in [0.3, 0.4) is 0 Å². The quantitative estimate of drug-likeness (QED) is 0.613. The van der Waals surface area contributed by atoms with Crippen molar-refractivity contribution in [1.29, 1.82) is 0 Å². The van der Waals surface area contributed by atoms with E-state index in [0.717, 1.165) is 12.8 Å². The lowest BCUT2D eigenvalue weighted by molar-refractivity contribution is -0.170. The van der Waals surface area contributed by atoms with E-state index in [1.807, 2.05) is 0 Å². The van der Waals surface area contributed by atoms with Crippen LogP contribution in [0.25, 0.3) is 0 Å². The first kappa shape index (κ1) is 14.0. The van der Waals surface area contributed by atoms with E-state index in [-0.39, 0.29) is 11.2 Å². The van der Waals surface area contributed by atoms with E-state index in [1.165, 1.54) is 44.9 Å². The van der Waals surface area contributed by atoms with Crippen LogP contribution in [0.2, 0.25) is 0 Å². The van der Waals surface area contributed by atoms with E-state index >= 15 is 0 Å². The number of rotatable bonds is 6. The number of hydrogen-bond donors (Lipinski definition) is 0. The molecule has 0 aromatic carbocycles. The molecule has 1 rings (SSSR count). The Bertz CT molecular complexity index is 182. The molecule has 1 nitrogen and oxygen atoms in total. The molecule has 0 aromatic rings. The fraction of sp³-hybridized carbons (Fsp3) is 1.00. The zero-order valence-electron chi connectivity index (χ0n) is 11.8. The molecule has 0 atom stereocenters. The molecule has 1 aliphatic carbocycles. The van der Waals surface area contributed by atoms with Gasteiger partial charge >= 0.3 is 0 Å². The van der Waals surface area contributed by atoms with Gasteiger partial charge < -0.3 is 4.74 Å². The van der Waals surface area contributed by atoms with Crippen LogP contribution in [0, 0.1) is 0 Å². The molecule has 1 aliphatic rings. The third-order valence-electron chi connectivity index (χ3n) is 4.43. The maximum Gasteiger partial charge on any atom is 0.0689 e. The van der Waals surface area contributed by atoms with E-state index < -0.39 is 0 Å². The Hall–Kier alpha value is -0.0400. The molecule has 0 saturated heterocycles. The van der Waals surface area contributed by atoms with Crippen LogP contribution in [0.5, 0.6) is 0 Å². The van der Waals surface area contributed by atoms with Gasteiger partial charge in [-0.3, -0.25) is 0 Å². The predicted molar refractivity (Wildman–Crippen MR) is 70.8 cm³/mol. The topological polar surface area (TPSA) is 9.23 Å².